The number of likely N-dealkylation sites (N-methyl/N-ethyl adjacent to an activating group) is 1. The van der Waals surface area contributed by atoms with Gasteiger partial charge in [0.15, 0.2) is 11.5 Å². The quantitative estimate of drug-likeness (QED) is 0.553. The molecule has 1 saturated carbocycles. The standard InChI is InChI=1S/C24H26N2O4/c1-25(12-14-13-29-19-4-2-3-5-20(19)30-14)10-11-26-23(27)21-17-8-9-18(22(21)24(26)28)16-7-6-15(16)17/h2-9,14-18,21-22H,10-13H2,1H3/t14?,15-,16+,17?,18?,21-,22+. The minimum atomic E-state index is -0.157. The van der Waals surface area contributed by atoms with Crippen molar-refractivity contribution in [1.82, 2.24) is 9.80 Å². The van der Waals surface area contributed by atoms with E-state index in [9.17, 15) is 9.59 Å². The third-order valence-electron chi connectivity index (χ3n) is 7.55. The van der Waals surface area contributed by atoms with Gasteiger partial charge in [0.25, 0.3) is 0 Å². The van der Waals surface area contributed by atoms with Gasteiger partial charge >= 0.3 is 0 Å². The molecule has 7 atom stereocenters. The normalized spacial score (nSPS) is 37.4. The van der Waals surface area contributed by atoms with Gasteiger partial charge in [0.2, 0.25) is 11.8 Å². The van der Waals surface area contributed by atoms with Crippen LogP contribution in [0.2, 0.25) is 0 Å². The van der Waals surface area contributed by atoms with E-state index in [4.69, 9.17) is 9.47 Å². The molecule has 2 heterocycles. The van der Waals surface area contributed by atoms with E-state index in [1.54, 1.807) is 0 Å². The van der Waals surface area contributed by atoms with Gasteiger partial charge in [-0.15, -0.1) is 0 Å². The molecule has 1 saturated heterocycles. The second-order valence-corrected chi connectivity index (χ2v) is 9.22. The first-order valence-corrected chi connectivity index (χ1v) is 10.9. The van der Waals surface area contributed by atoms with E-state index in [0.29, 0.717) is 38.1 Å². The van der Waals surface area contributed by atoms with Crippen LogP contribution < -0.4 is 9.47 Å². The Bertz CT molecular complexity index is 916. The fourth-order valence-electron chi connectivity index (χ4n) is 6.04. The molecule has 7 rings (SSSR count). The van der Waals surface area contributed by atoms with Crippen molar-refractivity contribution in [2.24, 2.45) is 35.5 Å². The van der Waals surface area contributed by atoms with Crippen LogP contribution in [0.3, 0.4) is 0 Å². The third kappa shape index (κ3) is 2.59. The minimum Gasteiger partial charge on any atom is -0.486 e. The number of hydrogen-bond donors (Lipinski definition) is 0. The average Bonchev–Trinajstić information content (AvgIpc) is 2.98. The van der Waals surface area contributed by atoms with Crippen molar-refractivity contribution in [2.75, 3.05) is 33.3 Å². The summed E-state index contributed by atoms with van der Waals surface area (Å²) in [5.74, 6) is 2.58. The molecule has 6 aliphatic rings. The topological polar surface area (TPSA) is 59.1 Å². The highest BCUT2D eigenvalue weighted by Gasteiger charge is 2.62. The molecule has 2 amide bonds. The second kappa shape index (κ2) is 6.71. The van der Waals surface area contributed by atoms with Crippen LogP contribution in [-0.2, 0) is 9.59 Å². The molecule has 30 heavy (non-hydrogen) atoms. The predicted octanol–water partition coefficient (Wildman–Crippen LogP) is 1.98. The fourth-order valence-corrected chi connectivity index (χ4v) is 6.04. The SMILES string of the molecule is CN(CCN1C(=O)[C@@H]2C3C=CC([C@H]4C=C[C@@H]34)[C@@H]2C1=O)CC1COc2ccccc2O1. The average molecular weight is 406 g/mol. The van der Waals surface area contributed by atoms with E-state index in [1.165, 1.54) is 4.90 Å². The molecular weight excluding hydrogens is 380 g/mol. The summed E-state index contributed by atoms with van der Waals surface area (Å²) >= 11 is 0. The zero-order valence-electron chi connectivity index (χ0n) is 17.0. The predicted molar refractivity (Wildman–Crippen MR) is 110 cm³/mol. The zero-order chi connectivity index (χ0) is 20.4. The molecule has 0 radical (unpaired) electrons. The highest BCUT2D eigenvalue weighted by Crippen LogP contribution is 2.58. The first-order valence-electron chi connectivity index (χ1n) is 10.9. The molecule has 1 aromatic rings. The van der Waals surface area contributed by atoms with E-state index in [1.807, 2.05) is 31.3 Å². The van der Waals surface area contributed by atoms with Gasteiger partial charge in [0.1, 0.15) is 12.7 Å². The monoisotopic (exact) mass is 406 g/mol. The summed E-state index contributed by atoms with van der Waals surface area (Å²) in [7, 11) is 2.00. The number of allylic oxidation sites excluding steroid dienone is 4. The molecule has 4 aliphatic carbocycles. The Morgan fingerprint density at radius 3 is 2.17 bits per heavy atom. The van der Waals surface area contributed by atoms with Crippen molar-refractivity contribution in [3.8, 4) is 11.5 Å². The maximum absolute atomic E-state index is 13.1. The van der Waals surface area contributed by atoms with Crippen LogP contribution >= 0.6 is 0 Å². The number of imide groups is 1. The number of carbonyl (C=O) groups excluding carboxylic acids is 2. The van der Waals surface area contributed by atoms with Gasteiger partial charge in [-0.1, -0.05) is 36.4 Å². The van der Waals surface area contributed by atoms with Crippen LogP contribution in [0.5, 0.6) is 11.5 Å². The minimum absolute atomic E-state index is 0.0303. The summed E-state index contributed by atoms with van der Waals surface area (Å²) < 4.78 is 11.8. The molecule has 2 fully saturated rings. The Kier molecular flexibility index (Phi) is 4.07. The molecule has 2 aliphatic heterocycles. The highest BCUT2D eigenvalue weighted by molar-refractivity contribution is 6.06. The van der Waals surface area contributed by atoms with E-state index in [0.717, 1.165) is 11.5 Å². The van der Waals surface area contributed by atoms with Crippen molar-refractivity contribution < 1.29 is 19.1 Å². The van der Waals surface area contributed by atoms with E-state index in [2.05, 4.69) is 29.2 Å². The molecule has 0 N–H and O–H groups in total. The lowest BCUT2D eigenvalue weighted by molar-refractivity contribution is -0.140. The Balaban J connectivity index is 1.08. The number of rotatable bonds is 5. The van der Waals surface area contributed by atoms with E-state index in [-0.39, 0.29) is 41.6 Å². The van der Waals surface area contributed by atoms with Crippen LogP contribution in [0.4, 0.5) is 0 Å². The van der Waals surface area contributed by atoms with Gasteiger partial charge in [-0.05, 0) is 42.9 Å². The largest absolute Gasteiger partial charge is 0.486 e. The molecule has 1 aromatic carbocycles. The number of nitrogens with zero attached hydrogens (tertiary/aromatic N) is 2. The maximum Gasteiger partial charge on any atom is 0.233 e. The van der Waals surface area contributed by atoms with Crippen LogP contribution in [0.1, 0.15) is 0 Å². The summed E-state index contributed by atoms with van der Waals surface area (Å²) in [6.45, 7) is 2.25. The number of hydrogen-bond acceptors (Lipinski definition) is 5. The fraction of sp³-hybridized carbons (Fsp3) is 0.500. The van der Waals surface area contributed by atoms with Gasteiger partial charge in [0.05, 0.1) is 11.8 Å². The van der Waals surface area contributed by atoms with Gasteiger partial charge in [-0.3, -0.25) is 14.5 Å². The van der Waals surface area contributed by atoms with Crippen molar-refractivity contribution in [1.29, 1.82) is 0 Å². The number of fused-ring (bicyclic) bond motifs is 1. The smallest absolute Gasteiger partial charge is 0.233 e. The van der Waals surface area contributed by atoms with Crippen molar-refractivity contribution in [3.05, 3.63) is 48.6 Å². The maximum atomic E-state index is 13.1. The number of para-hydroxylation sites is 2. The number of amides is 2. The molecular formula is C24H26N2O4. The lowest BCUT2D eigenvalue weighted by Crippen LogP contribution is -2.50. The first-order chi connectivity index (χ1) is 14.6. The lowest BCUT2D eigenvalue weighted by Gasteiger charge is -2.51. The molecule has 0 aromatic heterocycles. The number of likely N-dealkylation sites (tertiary alicyclic amines) is 1. The summed E-state index contributed by atoms with van der Waals surface area (Å²) in [6, 6.07) is 7.68. The Hall–Kier alpha value is -2.60. The number of benzene rings is 1. The Labute approximate surface area is 176 Å². The summed E-state index contributed by atoms with van der Waals surface area (Å²) in [5, 5.41) is 0. The highest BCUT2D eigenvalue weighted by atomic mass is 16.6. The molecule has 156 valence electrons. The third-order valence-corrected chi connectivity index (χ3v) is 7.55. The van der Waals surface area contributed by atoms with Crippen molar-refractivity contribution in [2.45, 2.75) is 6.10 Å². The zero-order valence-corrected chi connectivity index (χ0v) is 17.0. The van der Waals surface area contributed by atoms with E-state index >= 15 is 0 Å². The molecule has 2 bridgehead atoms. The Morgan fingerprint density at radius 2 is 1.53 bits per heavy atom. The molecule has 6 heteroatoms. The van der Waals surface area contributed by atoms with Crippen LogP contribution in [0, 0.1) is 35.5 Å². The van der Waals surface area contributed by atoms with Gasteiger partial charge in [-0.25, -0.2) is 0 Å². The molecule has 6 nitrogen and oxygen atoms in total. The van der Waals surface area contributed by atoms with Gasteiger partial charge < -0.3 is 14.4 Å². The first kappa shape index (κ1) is 18.2. The lowest BCUT2D eigenvalue weighted by atomic mass is 9.50. The molecule has 3 unspecified atom stereocenters. The van der Waals surface area contributed by atoms with Crippen molar-refractivity contribution >= 4 is 11.8 Å². The Morgan fingerprint density at radius 1 is 0.933 bits per heavy atom. The van der Waals surface area contributed by atoms with Crippen molar-refractivity contribution in [3.63, 3.8) is 0 Å². The van der Waals surface area contributed by atoms with E-state index < -0.39 is 0 Å². The second-order valence-electron chi connectivity index (χ2n) is 9.22. The number of carbonyl (C=O) groups is 2. The summed E-state index contributed by atoms with van der Waals surface area (Å²) in [5.41, 5.74) is 0. The van der Waals surface area contributed by atoms with Gasteiger partial charge in [0, 0.05) is 19.6 Å². The number of ether oxygens (including phenoxy) is 2. The van der Waals surface area contributed by atoms with Gasteiger partial charge in [-0.2, -0.15) is 0 Å². The van der Waals surface area contributed by atoms with Crippen LogP contribution in [0.15, 0.2) is 48.6 Å². The summed E-state index contributed by atoms with van der Waals surface area (Å²) in [4.78, 5) is 29.9. The molecule has 0 spiro atoms. The summed E-state index contributed by atoms with van der Waals surface area (Å²) in [6.07, 6.45) is 8.76. The van der Waals surface area contributed by atoms with Crippen LogP contribution in [-0.4, -0.2) is 61.0 Å². The van der Waals surface area contributed by atoms with Crippen LogP contribution in [0.25, 0.3) is 0 Å².